The van der Waals surface area contributed by atoms with Crippen LogP contribution in [-0.2, 0) is 5.41 Å². The molecule has 0 bridgehead atoms. The molecule has 1 aliphatic carbocycles. The Balaban J connectivity index is 1.51. The fraction of sp³-hybridized carbons (Fsp3) is 0.0909. The van der Waals surface area contributed by atoms with Crippen molar-refractivity contribution >= 4 is 54.0 Å². The van der Waals surface area contributed by atoms with Gasteiger partial charge in [0.2, 0.25) is 0 Å². The highest BCUT2D eigenvalue weighted by Gasteiger charge is 2.38. The smallest absolute Gasteiger partial charge is 0.0555 e. The summed E-state index contributed by atoms with van der Waals surface area (Å²) in [6.45, 7) is 4.76. The summed E-state index contributed by atoms with van der Waals surface area (Å²) >= 11 is 1.99. The Hall–Kier alpha value is -3.88. The molecule has 0 atom stereocenters. The predicted molar refractivity (Wildman–Crippen MR) is 151 cm³/mol. The maximum Gasteiger partial charge on any atom is 0.0555 e. The minimum absolute atomic E-state index is 0.0264. The first-order valence-electron chi connectivity index (χ1n) is 12.2. The van der Waals surface area contributed by atoms with E-state index in [0.29, 0.717) is 0 Å². The van der Waals surface area contributed by atoms with Crippen LogP contribution >= 0.6 is 11.3 Å². The molecule has 1 nitrogen and oxygen atoms in total. The van der Waals surface area contributed by atoms with Crippen LogP contribution in [0.4, 0.5) is 0 Å². The lowest BCUT2D eigenvalue weighted by Gasteiger charge is -2.19. The highest BCUT2D eigenvalue weighted by Crippen LogP contribution is 2.56. The highest BCUT2D eigenvalue weighted by atomic mass is 32.1. The van der Waals surface area contributed by atoms with Gasteiger partial charge in [-0.1, -0.05) is 92.7 Å². The van der Waals surface area contributed by atoms with E-state index in [4.69, 9.17) is 0 Å². The van der Waals surface area contributed by atoms with Crippen molar-refractivity contribution < 1.29 is 0 Å². The molecular weight excluding hydrogens is 442 g/mol. The van der Waals surface area contributed by atoms with Crippen molar-refractivity contribution in [3.05, 3.63) is 114 Å². The molecule has 0 saturated heterocycles. The normalized spacial score (nSPS) is 14.2. The van der Waals surface area contributed by atoms with Gasteiger partial charge in [-0.05, 0) is 46.2 Å². The molecule has 0 fully saturated rings. The average molecular weight is 466 g/mol. The van der Waals surface area contributed by atoms with Crippen molar-refractivity contribution in [2.75, 3.05) is 0 Å². The summed E-state index contributed by atoms with van der Waals surface area (Å²) in [5.74, 6) is 0. The van der Waals surface area contributed by atoms with Crippen LogP contribution < -0.4 is 0 Å². The number of thiophene rings is 1. The van der Waals surface area contributed by atoms with Crippen molar-refractivity contribution in [1.29, 1.82) is 0 Å². The third kappa shape index (κ3) is 2.42. The molecule has 7 aromatic rings. The fourth-order valence-corrected chi connectivity index (χ4v) is 7.76. The van der Waals surface area contributed by atoms with E-state index in [2.05, 4.69) is 122 Å². The van der Waals surface area contributed by atoms with Crippen LogP contribution in [0.15, 0.2) is 103 Å². The molecule has 8 rings (SSSR count). The van der Waals surface area contributed by atoms with Crippen molar-refractivity contribution in [2.45, 2.75) is 19.3 Å². The first-order chi connectivity index (χ1) is 17.1. The number of aromatic nitrogens is 1. The summed E-state index contributed by atoms with van der Waals surface area (Å²) in [4.78, 5) is 1.49. The minimum atomic E-state index is 0.0264. The van der Waals surface area contributed by atoms with Gasteiger partial charge >= 0.3 is 0 Å². The van der Waals surface area contributed by atoms with Gasteiger partial charge in [0.25, 0.3) is 0 Å². The van der Waals surface area contributed by atoms with E-state index in [9.17, 15) is 0 Å². The van der Waals surface area contributed by atoms with E-state index >= 15 is 0 Å². The summed E-state index contributed by atoms with van der Waals surface area (Å²) < 4.78 is 3.85. The van der Waals surface area contributed by atoms with Crippen LogP contribution in [-0.4, -0.2) is 4.57 Å². The van der Waals surface area contributed by atoms with Crippen molar-refractivity contribution in [2.24, 2.45) is 0 Å². The van der Waals surface area contributed by atoms with Gasteiger partial charge in [0.05, 0.1) is 11.0 Å². The molecular formula is C33H23NS. The SMILES string of the molecule is CC1(C)c2ccccc2-c2c1sc1c2ccc2c1c1ccccc1n2-c1ccc2ccccc2c1. The number of hydrogen-bond acceptors (Lipinski definition) is 1. The lowest BCUT2D eigenvalue weighted by atomic mass is 9.87. The summed E-state index contributed by atoms with van der Waals surface area (Å²) in [5.41, 5.74) is 8.06. The van der Waals surface area contributed by atoms with E-state index in [-0.39, 0.29) is 5.41 Å². The lowest BCUT2D eigenvalue weighted by Crippen LogP contribution is -2.13. The molecule has 2 heterocycles. The molecule has 0 saturated carbocycles. The second kappa shape index (κ2) is 6.62. The zero-order valence-corrected chi connectivity index (χ0v) is 20.5. The van der Waals surface area contributed by atoms with Crippen molar-refractivity contribution in [1.82, 2.24) is 4.57 Å². The largest absolute Gasteiger partial charge is 0.309 e. The van der Waals surface area contributed by atoms with Crippen molar-refractivity contribution in [3.63, 3.8) is 0 Å². The van der Waals surface area contributed by atoms with E-state index in [1.165, 1.54) is 69.9 Å². The monoisotopic (exact) mass is 465 g/mol. The predicted octanol–water partition coefficient (Wildman–Crippen LogP) is 9.46. The first kappa shape index (κ1) is 19.4. The van der Waals surface area contributed by atoms with Gasteiger partial charge < -0.3 is 4.57 Å². The Labute approximate surface area is 207 Å². The molecule has 0 N–H and O–H groups in total. The van der Waals surface area contributed by atoms with Crippen LogP contribution in [0.1, 0.15) is 24.3 Å². The average Bonchev–Trinajstić information content (AvgIpc) is 3.51. The molecule has 2 heteroatoms. The second-order valence-electron chi connectivity index (χ2n) is 10.2. The molecule has 0 radical (unpaired) electrons. The topological polar surface area (TPSA) is 4.93 Å². The lowest BCUT2D eigenvalue weighted by molar-refractivity contribution is 0.674. The third-order valence-corrected chi connectivity index (χ3v) is 9.47. The van der Waals surface area contributed by atoms with Crippen molar-refractivity contribution in [3.8, 4) is 16.8 Å². The molecule has 0 aliphatic heterocycles. The number of benzene rings is 5. The molecule has 166 valence electrons. The zero-order chi connectivity index (χ0) is 23.3. The summed E-state index contributed by atoms with van der Waals surface area (Å²) in [6, 6.07) is 38.0. The fourth-order valence-electron chi connectivity index (χ4n) is 6.28. The maximum absolute atomic E-state index is 2.44. The van der Waals surface area contributed by atoms with Crippen LogP contribution in [0.5, 0.6) is 0 Å². The van der Waals surface area contributed by atoms with Gasteiger partial charge in [0.15, 0.2) is 0 Å². The Morgan fingerprint density at radius 1 is 0.657 bits per heavy atom. The van der Waals surface area contributed by atoms with Gasteiger partial charge in [-0.2, -0.15) is 0 Å². The molecule has 5 aromatic carbocycles. The van der Waals surface area contributed by atoms with Gasteiger partial charge in [-0.25, -0.2) is 0 Å². The molecule has 1 aliphatic rings. The number of fused-ring (bicyclic) bond motifs is 10. The first-order valence-corrected chi connectivity index (χ1v) is 13.0. The molecule has 0 unspecified atom stereocenters. The van der Waals surface area contributed by atoms with E-state index in [1.807, 2.05) is 11.3 Å². The second-order valence-corrected chi connectivity index (χ2v) is 11.2. The molecule has 0 amide bonds. The van der Waals surface area contributed by atoms with Crippen LogP contribution in [0.2, 0.25) is 0 Å². The molecule has 35 heavy (non-hydrogen) atoms. The number of para-hydroxylation sites is 1. The molecule has 0 spiro atoms. The Morgan fingerprint density at radius 3 is 2.34 bits per heavy atom. The van der Waals surface area contributed by atoms with E-state index in [1.54, 1.807) is 0 Å². The molecule has 2 aromatic heterocycles. The quantitative estimate of drug-likeness (QED) is 0.227. The van der Waals surface area contributed by atoms with Gasteiger partial charge in [-0.15, -0.1) is 11.3 Å². The van der Waals surface area contributed by atoms with Gasteiger partial charge in [0.1, 0.15) is 0 Å². The van der Waals surface area contributed by atoms with Gasteiger partial charge in [-0.3, -0.25) is 0 Å². The minimum Gasteiger partial charge on any atom is -0.309 e. The van der Waals surface area contributed by atoms with E-state index < -0.39 is 0 Å². The summed E-state index contributed by atoms with van der Waals surface area (Å²) in [7, 11) is 0. The third-order valence-electron chi connectivity index (χ3n) is 7.92. The Morgan fingerprint density at radius 2 is 1.43 bits per heavy atom. The zero-order valence-electron chi connectivity index (χ0n) is 19.7. The van der Waals surface area contributed by atoms with Crippen LogP contribution in [0.25, 0.3) is 59.5 Å². The number of hydrogen-bond donors (Lipinski definition) is 0. The van der Waals surface area contributed by atoms with Gasteiger partial charge in [0, 0.05) is 42.4 Å². The van der Waals surface area contributed by atoms with E-state index in [0.717, 1.165) is 0 Å². The Kier molecular flexibility index (Phi) is 3.67. The Bertz CT molecular complexity index is 1980. The summed E-state index contributed by atoms with van der Waals surface area (Å²) in [5, 5.41) is 6.63. The highest BCUT2D eigenvalue weighted by molar-refractivity contribution is 7.21. The summed E-state index contributed by atoms with van der Waals surface area (Å²) in [6.07, 6.45) is 0. The van der Waals surface area contributed by atoms with Crippen LogP contribution in [0, 0.1) is 0 Å². The standard InChI is InChI=1S/C33H23NS/c1-33(2)26-13-7-5-11-23(26)29-25-17-18-28-30(31(25)35-32(29)33)24-12-6-8-14-27(24)34(28)22-16-15-20-9-3-4-10-21(20)19-22/h3-19H,1-2H3. The number of rotatable bonds is 1. The number of nitrogens with zero attached hydrogens (tertiary/aromatic N) is 1. The maximum atomic E-state index is 2.44. The van der Waals surface area contributed by atoms with Crippen LogP contribution in [0.3, 0.4) is 0 Å².